The molecule has 2 amide bonds. The van der Waals surface area contributed by atoms with E-state index in [1.165, 1.54) is 18.2 Å². The minimum Gasteiger partial charge on any atom is -0.508 e. The van der Waals surface area contributed by atoms with Crippen LogP contribution in [-0.2, 0) is 4.79 Å². The van der Waals surface area contributed by atoms with Gasteiger partial charge in [-0.3, -0.25) is 15.0 Å². The number of carbonyl (C=O) groups is 2. The highest BCUT2D eigenvalue weighted by molar-refractivity contribution is 8.26. The Morgan fingerprint density at radius 1 is 1.35 bits per heavy atom. The molecule has 1 saturated heterocycles. The molecule has 2 aromatic rings. The van der Waals surface area contributed by atoms with E-state index in [0.717, 1.165) is 22.5 Å². The first-order valence-electron chi connectivity index (χ1n) is 6.56. The molecule has 2 heterocycles. The Kier molecular flexibility index (Phi) is 4.18. The van der Waals surface area contributed by atoms with Crippen LogP contribution in [0.15, 0.2) is 47.5 Å². The summed E-state index contributed by atoms with van der Waals surface area (Å²) >= 11 is 6.24. The number of aromatic nitrogens is 1. The summed E-state index contributed by atoms with van der Waals surface area (Å²) in [6, 6.07) is 9.46. The van der Waals surface area contributed by atoms with Gasteiger partial charge in [0.2, 0.25) is 0 Å². The molecular formula is C15H11N3O3S2. The van der Waals surface area contributed by atoms with E-state index in [-0.39, 0.29) is 15.6 Å². The van der Waals surface area contributed by atoms with Crippen molar-refractivity contribution in [3.63, 3.8) is 0 Å². The second kappa shape index (κ2) is 6.27. The van der Waals surface area contributed by atoms with Gasteiger partial charge in [-0.15, -0.1) is 0 Å². The number of hydrogen-bond donors (Lipinski definition) is 3. The highest BCUT2D eigenvalue weighted by atomic mass is 32.2. The Morgan fingerprint density at radius 2 is 2.17 bits per heavy atom. The molecular weight excluding hydrogens is 334 g/mol. The lowest BCUT2D eigenvalue weighted by atomic mass is 10.2. The number of hydrazine groups is 1. The third-order valence-electron chi connectivity index (χ3n) is 3.02. The normalized spacial score (nSPS) is 16.2. The average Bonchev–Trinajstić information content (AvgIpc) is 3.12. The topological polar surface area (TPSA) is 85.4 Å². The van der Waals surface area contributed by atoms with E-state index < -0.39 is 11.8 Å². The Morgan fingerprint density at radius 3 is 2.87 bits per heavy atom. The Balaban J connectivity index is 1.77. The highest BCUT2D eigenvalue weighted by Gasteiger charge is 2.33. The van der Waals surface area contributed by atoms with Gasteiger partial charge in [0.15, 0.2) is 4.32 Å². The van der Waals surface area contributed by atoms with Crippen molar-refractivity contribution in [3.05, 3.63) is 58.8 Å². The molecule has 1 aromatic carbocycles. The first-order valence-corrected chi connectivity index (χ1v) is 7.78. The van der Waals surface area contributed by atoms with E-state index >= 15 is 0 Å². The predicted molar refractivity (Wildman–Crippen MR) is 91.4 cm³/mol. The molecule has 0 spiro atoms. The van der Waals surface area contributed by atoms with Crippen LogP contribution in [-0.4, -0.2) is 31.2 Å². The van der Waals surface area contributed by atoms with Gasteiger partial charge in [0.05, 0.1) is 4.91 Å². The van der Waals surface area contributed by atoms with Crippen LogP contribution in [0.4, 0.5) is 0 Å². The maximum atomic E-state index is 12.3. The largest absolute Gasteiger partial charge is 0.508 e. The van der Waals surface area contributed by atoms with E-state index in [1.54, 1.807) is 18.3 Å². The molecule has 1 aliphatic heterocycles. The lowest BCUT2D eigenvalue weighted by Crippen LogP contribution is -2.44. The number of nitrogens with one attached hydrogen (secondary N) is 2. The fourth-order valence-corrected chi connectivity index (χ4v) is 3.12. The van der Waals surface area contributed by atoms with E-state index in [2.05, 4.69) is 10.4 Å². The number of hydrogen-bond acceptors (Lipinski definition) is 5. The number of carbonyl (C=O) groups excluding carboxylic acids is 2. The second-order valence-corrected chi connectivity index (χ2v) is 6.31. The zero-order chi connectivity index (χ0) is 16.4. The Bertz CT molecular complexity index is 815. The number of thioether (sulfide) groups is 1. The Labute approximate surface area is 141 Å². The average molecular weight is 345 g/mol. The van der Waals surface area contributed by atoms with Crippen LogP contribution in [0.5, 0.6) is 5.75 Å². The van der Waals surface area contributed by atoms with E-state index in [4.69, 9.17) is 12.2 Å². The van der Waals surface area contributed by atoms with Gasteiger partial charge in [0.25, 0.3) is 11.8 Å². The van der Waals surface area contributed by atoms with Crippen molar-refractivity contribution in [3.8, 4) is 5.75 Å². The summed E-state index contributed by atoms with van der Waals surface area (Å²) in [6.45, 7) is 0. The van der Waals surface area contributed by atoms with Gasteiger partial charge in [0, 0.05) is 17.5 Å². The highest BCUT2D eigenvalue weighted by Crippen LogP contribution is 2.31. The lowest BCUT2D eigenvalue weighted by molar-refractivity contribution is -0.123. The number of amides is 2. The number of phenolic OH excluding ortho intramolecular Hbond substituents is 1. The minimum atomic E-state index is -0.529. The second-order valence-electron chi connectivity index (χ2n) is 4.63. The summed E-state index contributed by atoms with van der Waals surface area (Å²) in [5.74, 6) is -0.962. The number of phenols is 1. The molecule has 6 nitrogen and oxygen atoms in total. The van der Waals surface area contributed by atoms with Crippen molar-refractivity contribution in [1.82, 2.24) is 15.4 Å². The standard InChI is InChI=1S/C15H11N3O3S2/c19-11-5-1-3-9(7-11)13(20)17-18-14(21)12(23-15(18)22)8-10-4-2-6-16-10/h1-8,16,19H,(H,17,20)/b12-8+. The first kappa shape index (κ1) is 15.3. The lowest BCUT2D eigenvalue weighted by Gasteiger charge is -2.15. The maximum Gasteiger partial charge on any atom is 0.285 e. The Hall–Kier alpha value is -2.58. The molecule has 1 aromatic heterocycles. The molecule has 1 aliphatic rings. The summed E-state index contributed by atoms with van der Waals surface area (Å²) in [4.78, 5) is 27.9. The van der Waals surface area contributed by atoms with Crippen molar-refractivity contribution in [2.75, 3.05) is 0 Å². The summed E-state index contributed by atoms with van der Waals surface area (Å²) in [5.41, 5.74) is 3.45. The summed E-state index contributed by atoms with van der Waals surface area (Å²) < 4.78 is 0.237. The molecule has 1 fully saturated rings. The van der Waals surface area contributed by atoms with Crippen molar-refractivity contribution in [1.29, 1.82) is 0 Å². The number of thiocarbonyl (C=S) groups is 1. The zero-order valence-electron chi connectivity index (χ0n) is 11.6. The number of H-pyrrole nitrogens is 1. The van der Waals surface area contributed by atoms with Crippen molar-refractivity contribution >= 4 is 46.2 Å². The van der Waals surface area contributed by atoms with Crippen LogP contribution in [0.2, 0.25) is 0 Å². The molecule has 0 atom stereocenters. The first-order chi connectivity index (χ1) is 11.0. The molecule has 116 valence electrons. The van der Waals surface area contributed by atoms with Crippen molar-refractivity contribution in [2.45, 2.75) is 0 Å². The van der Waals surface area contributed by atoms with Gasteiger partial charge < -0.3 is 10.1 Å². The smallest absolute Gasteiger partial charge is 0.285 e. The van der Waals surface area contributed by atoms with Crippen molar-refractivity contribution < 1.29 is 14.7 Å². The number of aromatic amines is 1. The molecule has 0 unspecified atom stereocenters. The molecule has 0 aliphatic carbocycles. The quantitative estimate of drug-likeness (QED) is 0.587. The third kappa shape index (κ3) is 3.27. The summed E-state index contributed by atoms with van der Waals surface area (Å²) in [7, 11) is 0. The van der Waals surface area contributed by atoms with Crippen LogP contribution in [0, 0.1) is 0 Å². The number of benzene rings is 1. The monoisotopic (exact) mass is 345 g/mol. The molecule has 0 saturated carbocycles. The number of rotatable bonds is 3. The summed E-state index contributed by atoms with van der Waals surface area (Å²) in [5, 5.41) is 10.4. The van der Waals surface area contributed by atoms with Gasteiger partial charge >= 0.3 is 0 Å². The van der Waals surface area contributed by atoms with Crippen LogP contribution in [0.25, 0.3) is 6.08 Å². The van der Waals surface area contributed by atoms with Crippen LogP contribution < -0.4 is 5.43 Å². The predicted octanol–water partition coefficient (Wildman–Crippen LogP) is 2.27. The van der Waals surface area contributed by atoms with Gasteiger partial charge in [-0.25, -0.2) is 0 Å². The van der Waals surface area contributed by atoms with Gasteiger partial charge in [-0.05, 0) is 48.6 Å². The molecule has 0 radical (unpaired) electrons. The van der Waals surface area contributed by atoms with Crippen LogP contribution in [0.1, 0.15) is 16.1 Å². The van der Waals surface area contributed by atoms with Gasteiger partial charge in [0.1, 0.15) is 5.75 Å². The summed E-state index contributed by atoms with van der Waals surface area (Å²) in [6.07, 6.45) is 3.41. The molecule has 0 bridgehead atoms. The zero-order valence-corrected chi connectivity index (χ0v) is 13.3. The fraction of sp³-hybridized carbons (Fsp3) is 0. The van der Waals surface area contributed by atoms with Gasteiger partial charge in [-0.1, -0.05) is 17.8 Å². The van der Waals surface area contributed by atoms with Gasteiger partial charge in [-0.2, -0.15) is 5.01 Å². The minimum absolute atomic E-state index is 0.0327. The third-order valence-corrected chi connectivity index (χ3v) is 4.33. The molecule has 3 N–H and O–H groups in total. The van der Waals surface area contributed by atoms with E-state index in [0.29, 0.717) is 4.91 Å². The maximum absolute atomic E-state index is 12.3. The van der Waals surface area contributed by atoms with E-state index in [1.807, 2.05) is 12.1 Å². The van der Waals surface area contributed by atoms with Crippen LogP contribution in [0.3, 0.4) is 0 Å². The SMILES string of the molecule is O=C(NN1C(=O)/C(=C\c2ccc[nH]2)SC1=S)c1cccc(O)c1. The number of nitrogens with zero attached hydrogens (tertiary/aromatic N) is 1. The molecule has 8 heteroatoms. The number of aromatic hydroxyl groups is 1. The van der Waals surface area contributed by atoms with E-state index in [9.17, 15) is 14.7 Å². The van der Waals surface area contributed by atoms with Crippen molar-refractivity contribution in [2.24, 2.45) is 0 Å². The molecule has 3 rings (SSSR count). The molecule has 23 heavy (non-hydrogen) atoms. The fourth-order valence-electron chi connectivity index (χ4n) is 1.95. The van der Waals surface area contributed by atoms with Crippen LogP contribution >= 0.6 is 24.0 Å².